The monoisotopic (exact) mass is 492 g/mol. The zero-order valence-corrected chi connectivity index (χ0v) is 19.8. The number of benzene rings is 3. The van der Waals surface area contributed by atoms with E-state index < -0.39 is 5.97 Å². The lowest BCUT2D eigenvalue weighted by Crippen LogP contribution is -2.12. The SMILES string of the molecule is COc1ccc(CC(=O)Oc2ccc3c(c2C)O/C(=C\c2cc(Cl)cc4c2OCOC4)C3=O)cc1. The van der Waals surface area contributed by atoms with Gasteiger partial charge < -0.3 is 23.7 Å². The second kappa shape index (κ2) is 9.44. The first kappa shape index (κ1) is 23.0. The summed E-state index contributed by atoms with van der Waals surface area (Å²) in [5.41, 5.74) is 3.16. The zero-order chi connectivity index (χ0) is 24.5. The van der Waals surface area contributed by atoms with Crippen molar-refractivity contribution in [2.24, 2.45) is 0 Å². The van der Waals surface area contributed by atoms with Crippen LogP contribution in [0.5, 0.6) is 23.0 Å². The van der Waals surface area contributed by atoms with E-state index in [4.69, 9.17) is 35.3 Å². The number of rotatable bonds is 5. The topological polar surface area (TPSA) is 80.3 Å². The molecule has 0 N–H and O–H groups in total. The molecule has 3 aromatic carbocycles. The molecule has 7 nitrogen and oxygen atoms in total. The molecule has 0 saturated heterocycles. The van der Waals surface area contributed by atoms with E-state index in [-0.39, 0.29) is 24.8 Å². The fourth-order valence-electron chi connectivity index (χ4n) is 4.00. The van der Waals surface area contributed by atoms with Gasteiger partial charge in [0.15, 0.2) is 12.6 Å². The number of hydrogen-bond donors (Lipinski definition) is 0. The van der Waals surface area contributed by atoms with E-state index in [1.54, 1.807) is 68.6 Å². The quantitative estimate of drug-likeness (QED) is 0.272. The number of ether oxygens (including phenoxy) is 5. The second-order valence-electron chi connectivity index (χ2n) is 8.10. The standard InChI is InChI=1S/C27H21ClO7/c1-15-22(34-24(29)9-16-3-5-20(31-2)6-4-16)8-7-21-25(30)23(35-26(15)21)12-17-10-19(28)11-18-13-32-14-33-27(17)18/h3-8,10-12H,9,13-14H2,1-2H3/b23-12-. The Labute approximate surface area is 206 Å². The van der Waals surface area contributed by atoms with E-state index in [2.05, 4.69) is 0 Å². The van der Waals surface area contributed by atoms with Crippen LogP contribution in [0.3, 0.4) is 0 Å². The largest absolute Gasteiger partial charge is 0.497 e. The number of fused-ring (bicyclic) bond motifs is 2. The molecule has 0 saturated carbocycles. The average Bonchev–Trinajstić information content (AvgIpc) is 3.17. The molecule has 0 aliphatic carbocycles. The zero-order valence-electron chi connectivity index (χ0n) is 19.1. The van der Waals surface area contributed by atoms with Crippen LogP contribution >= 0.6 is 11.6 Å². The van der Waals surface area contributed by atoms with Gasteiger partial charge in [0.2, 0.25) is 5.78 Å². The van der Waals surface area contributed by atoms with Crippen molar-refractivity contribution >= 4 is 29.4 Å². The van der Waals surface area contributed by atoms with Gasteiger partial charge in [0.05, 0.1) is 25.7 Å². The van der Waals surface area contributed by atoms with Gasteiger partial charge in [-0.3, -0.25) is 9.59 Å². The molecule has 2 aliphatic rings. The average molecular weight is 493 g/mol. The minimum Gasteiger partial charge on any atom is -0.497 e. The van der Waals surface area contributed by atoms with Crippen molar-refractivity contribution < 1.29 is 33.3 Å². The van der Waals surface area contributed by atoms with Crippen LogP contribution in [0.25, 0.3) is 6.08 Å². The van der Waals surface area contributed by atoms with Gasteiger partial charge in [0, 0.05) is 21.7 Å². The van der Waals surface area contributed by atoms with Crippen molar-refractivity contribution in [1.29, 1.82) is 0 Å². The molecule has 0 fully saturated rings. The summed E-state index contributed by atoms with van der Waals surface area (Å²) < 4.78 is 27.6. The molecule has 0 atom stereocenters. The molecule has 0 bridgehead atoms. The van der Waals surface area contributed by atoms with Crippen molar-refractivity contribution in [3.8, 4) is 23.0 Å². The van der Waals surface area contributed by atoms with Crippen LogP contribution in [0.4, 0.5) is 0 Å². The Morgan fingerprint density at radius 1 is 1.11 bits per heavy atom. The van der Waals surface area contributed by atoms with Gasteiger partial charge in [-0.1, -0.05) is 23.7 Å². The Kier molecular flexibility index (Phi) is 6.19. The smallest absolute Gasteiger partial charge is 0.315 e. The van der Waals surface area contributed by atoms with Crippen molar-refractivity contribution in [2.75, 3.05) is 13.9 Å². The van der Waals surface area contributed by atoms with Crippen molar-refractivity contribution in [1.82, 2.24) is 0 Å². The normalized spacial score (nSPS) is 15.2. The van der Waals surface area contributed by atoms with Crippen LogP contribution in [-0.2, 0) is 22.6 Å². The number of ketones is 1. The molecule has 0 aromatic heterocycles. The summed E-state index contributed by atoms with van der Waals surface area (Å²) in [6, 6.07) is 13.8. The highest BCUT2D eigenvalue weighted by Crippen LogP contribution is 2.41. The molecule has 0 spiro atoms. The summed E-state index contributed by atoms with van der Waals surface area (Å²) in [7, 11) is 1.58. The minimum atomic E-state index is -0.428. The van der Waals surface area contributed by atoms with Crippen molar-refractivity contribution in [3.63, 3.8) is 0 Å². The Balaban J connectivity index is 1.37. The lowest BCUT2D eigenvalue weighted by Gasteiger charge is -2.20. The highest BCUT2D eigenvalue weighted by molar-refractivity contribution is 6.31. The molecule has 35 heavy (non-hydrogen) atoms. The molecule has 0 amide bonds. The van der Waals surface area contributed by atoms with Gasteiger partial charge in [-0.05, 0) is 55.0 Å². The number of allylic oxidation sites excluding steroid dienone is 1. The van der Waals surface area contributed by atoms with E-state index in [9.17, 15) is 9.59 Å². The fraction of sp³-hybridized carbons (Fsp3) is 0.185. The first-order valence-corrected chi connectivity index (χ1v) is 11.2. The molecule has 178 valence electrons. The predicted molar refractivity (Wildman–Crippen MR) is 128 cm³/mol. The van der Waals surface area contributed by atoms with Crippen LogP contribution in [0, 0.1) is 6.92 Å². The maximum Gasteiger partial charge on any atom is 0.315 e. The van der Waals surface area contributed by atoms with Gasteiger partial charge in [0.25, 0.3) is 0 Å². The lowest BCUT2D eigenvalue weighted by atomic mass is 10.0. The number of Topliss-reactive ketones (excluding diaryl/α,β-unsaturated/α-hetero) is 1. The predicted octanol–water partition coefficient (Wildman–Crippen LogP) is 5.29. The van der Waals surface area contributed by atoms with Gasteiger partial charge >= 0.3 is 5.97 Å². The first-order chi connectivity index (χ1) is 16.9. The van der Waals surface area contributed by atoms with Crippen LogP contribution in [0.1, 0.15) is 32.6 Å². The third-order valence-corrected chi connectivity index (χ3v) is 5.98. The maximum absolute atomic E-state index is 13.0. The van der Waals surface area contributed by atoms with Crippen molar-refractivity contribution in [3.05, 3.63) is 87.1 Å². The maximum atomic E-state index is 13.0. The summed E-state index contributed by atoms with van der Waals surface area (Å²) >= 11 is 6.24. The molecule has 5 rings (SSSR count). The van der Waals surface area contributed by atoms with E-state index in [1.165, 1.54) is 0 Å². The third-order valence-electron chi connectivity index (χ3n) is 5.76. The summed E-state index contributed by atoms with van der Waals surface area (Å²) in [5.74, 6) is 1.42. The van der Waals surface area contributed by atoms with Gasteiger partial charge in [-0.15, -0.1) is 0 Å². The molecule has 2 heterocycles. The summed E-state index contributed by atoms with van der Waals surface area (Å²) in [6.07, 6.45) is 1.70. The Morgan fingerprint density at radius 3 is 2.69 bits per heavy atom. The van der Waals surface area contributed by atoms with E-state index in [0.717, 1.165) is 11.1 Å². The van der Waals surface area contributed by atoms with Crippen LogP contribution in [-0.4, -0.2) is 25.7 Å². The van der Waals surface area contributed by atoms with Crippen molar-refractivity contribution in [2.45, 2.75) is 20.0 Å². The number of carbonyl (C=O) groups excluding carboxylic acids is 2. The number of esters is 1. The van der Waals surface area contributed by atoms with E-state index >= 15 is 0 Å². The van der Waals surface area contributed by atoms with E-state index in [1.807, 2.05) is 0 Å². The highest BCUT2D eigenvalue weighted by atomic mass is 35.5. The minimum absolute atomic E-state index is 0.0923. The molecule has 0 unspecified atom stereocenters. The fourth-order valence-corrected chi connectivity index (χ4v) is 4.25. The van der Waals surface area contributed by atoms with Crippen LogP contribution in [0.15, 0.2) is 54.3 Å². The Hall–Kier alpha value is -3.81. The summed E-state index contributed by atoms with van der Waals surface area (Å²) in [5, 5.41) is 0.495. The number of halogens is 1. The number of methoxy groups -OCH3 is 1. The number of hydrogen-bond acceptors (Lipinski definition) is 7. The molecular formula is C27H21ClO7. The highest BCUT2D eigenvalue weighted by Gasteiger charge is 2.31. The van der Waals surface area contributed by atoms with Crippen LogP contribution in [0.2, 0.25) is 5.02 Å². The molecule has 0 radical (unpaired) electrons. The number of carbonyl (C=O) groups is 2. The van der Waals surface area contributed by atoms with E-state index in [0.29, 0.717) is 51.3 Å². The molecule has 2 aliphatic heterocycles. The summed E-state index contributed by atoms with van der Waals surface area (Å²) in [4.78, 5) is 25.5. The van der Waals surface area contributed by atoms with Crippen LogP contribution < -0.4 is 18.9 Å². The second-order valence-corrected chi connectivity index (χ2v) is 8.53. The molecule has 3 aromatic rings. The Morgan fingerprint density at radius 2 is 1.91 bits per heavy atom. The van der Waals surface area contributed by atoms with Gasteiger partial charge in [-0.25, -0.2) is 0 Å². The lowest BCUT2D eigenvalue weighted by molar-refractivity contribution is -0.133. The molecular weight excluding hydrogens is 472 g/mol. The third kappa shape index (κ3) is 4.60. The first-order valence-electron chi connectivity index (χ1n) is 10.9. The Bertz CT molecular complexity index is 1360. The molecule has 8 heteroatoms. The van der Waals surface area contributed by atoms with Gasteiger partial charge in [0.1, 0.15) is 23.0 Å². The summed E-state index contributed by atoms with van der Waals surface area (Å²) in [6.45, 7) is 2.22. The van der Waals surface area contributed by atoms with Gasteiger partial charge in [-0.2, -0.15) is 0 Å².